The third-order valence-electron chi connectivity index (χ3n) is 4.89. The molecule has 0 saturated heterocycles. The standard InChI is InChI=1S/C24H26N2O6S/c1-16-20(17(2)32-25-16)14-30-21-9-7-18(12-22(21)29-4)8-10-24(28)31-15-23(27)26(3)13-19-6-5-11-33-19/h5-12H,13-15H2,1-4H3/b10-8+. The van der Waals surface area contributed by atoms with Crippen molar-refractivity contribution in [1.82, 2.24) is 10.1 Å². The van der Waals surface area contributed by atoms with Crippen LogP contribution in [0.2, 0.25) is 0 Å². The molecule has 9 heteroatoms. The molecule has 0 fully saturated rings. The number of benzene rings is 1. The summed E-state index contributed by atoms with van der Waals surface area (Å²) in [4.78, 5) is 26.8. The number of ether oxygens (including phenoxy) is 3. The van der Waals surface area contributed by atoms with Crippen LogP contribution < -0.4 is 9.47 Å². The zero-order valence-electron chi connectivity index (χ0n) is 19.0. The van der Waals surface area contributed by atoms with Crippen LogP contribution >= 0.6 is 11.3 Å². The largest absolute Gasteiger partial charge is 0.493 e. The first-order valence-electron chi connectivity index (χ1n) is 10.2. The lowest BCUT2D eigenvalue weighted by Crippen LogP contribution is -2.30. The highest BCUT2D eigenvalue weighted by Gasteiger charge is 2.13. The fraction of sp³-hybridized carbons (Fsp3) is 0.292. The Labute approximate surface area is 196 Å². The summed E-state index contributed by atoms with van der Waals surface area (Å²) in [6, 6.07) is 9.16. The monoisotopic (exact) mass is 470 g/mol. The molecule has 3 aromatic rings. The molecule has 33 heavy (non-hydrogen) atoms. The number of carbonyl (C=O) groups excluding carboxylic acids is 2. The maximum Gasteiger partial charge on any atom is 0.331 e. The van der Waals surface area contributed by atoms with Crippen LogP contribution in [0.1, 0.15) is 27.5 Å². The van der Waals surface area contributed by atoms with E-state index in [-0.39, 0.29) is 12.5 Å². The molecule has 0 atom stereocenters. The highest BCUT2D eigenvalue weighted by molar-refractivity contribution is 7.09. The Kier molecular flexibility index (Phi) is 8.26. The minimum absolute atomic E-state index is 0.272. The van der Waals surface area contributed by atoms with E-state index in [1.54, 1.807) is 42.7 Å². The van der Waals surface area contributed by atoms with Crippen LogP contribution in [0, 0.1) is 13.8 Å². The molecule has 0 unspecified atom stereocenters. The predicted molar refractivity (Wildman–Crippen MR) is 124 cm³/mol. The van der Waals surface area contributed by atoms with Crippen molar-refractivity contribution in [3.05, 3.63) is 69.2 Å². The first-order chi connectivity index (χ1) is 15.9. The number of rotatable bonds is 10. The molecule has 0 bridgehead atoms. The van der Waals surface area contributed by atoms with Gasteiger partial charge in [-0.1, -0.05) is 17.3 Å². The number of thiophene rings is 1. The molecule has 1 aromatic carbocycles. The first kappa shape index (κ1) is 24.1. The predicted octanol–water partition coefficient (Wildman–Crippen LogP) is 4.16. The van der Waals surface area contributed by atoms with Gasteiger partial charge in [0.25, 0.3) is 5.91 Å². The summed E-state index contributed by atoms with van der Waals surface area (Å²) in [5, 5.41) is 5.86. The highest BCUT2D eigenvalue weighted by Crippen LogP contribution is 2.30. The number of aromatic nitrogens is 1. The van der Waals surface area contributed by atoms with Crippen LogP contribution in [0.5, 0.6) is 11.5 Å². The maximum absolute atomic E-state index is 12.1. The summed E-state index contributed by atoms with van der Waals surface area (Å²) < 4.78 is 21.5. The Hall–Kier alpha value is -3.59. The van der Waals surface area contributed by atoms with Crippen molar-refractivity contribution in [1.29, 1.82) is 0 Å². The van der Waals surface area contributed by atoms with Gasteiger partial charge in [0.05, 0.1) is 24.9 Å². The van der Waals surface area contributed by atoms with Gasteiger partial charge in [0, 0.05) is 18.0 Å². The molecule has 174 valence electrons. The SMILES string of the molecule is COc1cc(/C=C/C(=O)OCC(=O)N(C)Cc2cccs2)ccc1OCc1c(C)noc1C. The Balaban J connectivity index is 1.52. The molecule has 0 radical (unpaired) electrons. The number of methoxy groups -OCH3 is 1. The number of hydrogen-bond acceptors (Lipinski definition) is 8. The summed E-state index contributed by atoms with van der Waals surface area (Å²) in [7, 11) is 3.21. The normalized spacial score (nSPS) is 10.9. The van der Waals surface area contributed by atoms with Gasteiger partial charge in [0.2, 0.25) is 0 Å². The molecule has 8 nitrogen and oxygen atoms in total. The van der Waals surface area contributed by atoms with Gasteiger partial charge >= 0.3 is 5.97 Å². The molecule has 1 amide bonds. The van der Waals surface area contributed by atoms with Crippen molar-refractivity contribution in [2.45, 2.75) is 27.0 Å². The third kappa shape index (κ3) is 6.69. The van der Waals surface area contributed by atoms with Gasteiger partial charge in [-0.3, -0.25) is 4.79 Å². The second-order valence-corrected chi connectivity index (χ2v) is 8.30. The molecule has 0 aliphatic heterocycles. The van der Waals surface area contributed by atoms with Crippen LogP contribution in [-0.4, -0.2) is 42.7 Å². The van der Waals surface area contributed by atoms with Gasteiger partial charge in [-0.2, -0.15) is 0 Å². The fourth-order valence-electron chi connectivity index (χ4n) is 2.94. The zero-order valence-corrected chi connectivity index (χ0v) is 19.8. The third-order valence-corrected chi connectivity index (χ3v) is 5.75. The maximum atomic E-state index is 12.1. The molecule has 0 N–H and O–H groups in total. The fourth-order valence-corrected chi connectivity index (χ4v) is 3.70. The number of hydrogen-bond donors (Lipinski definition) is 0. The molecule has 0 saturated carbocycles. The van der Waals surface area contributed by atoms with Crippen molar-refractivity contribution < 1.29 is 28.3 Å². The highest BCUT2D eigenvalue weighted by atomic mass is 32.1. The van der Waals surface area contributed by atoms with Gasteiger partial charge in [0.1, 0.15) is 12.4 Å². The molecular formula is C24H26N2O6S. The second-order valence-electron chi connectivity index (χ2n) is 7.27. The van der Waals surface area contributed by atoms with E-state index in [0.29, 0.717) is 30.4 Å². The van der Waals surface area contributed by atoms with E-state index in [0.717, 1.165) is 21.7 Å². The Morgan fingerprint density at radius 3 is 2.70 bits per heavy atom. The Morgan fingerprint density at radius 2 is 2.03 bits per heavy atom. The first-order valence-corrected chi connectivity index (χ1v) is 11.1. The molecule has 0 aliphatic carbocycles. The second kappa shape index (κ2) is 11.3. The van der Waals surface area contributed by atoms with Crippen molar-refractivity contribution in [2.75, 3.05) is 20.8 Å². The number of carbonyl (C=O) groups is 2. The van der Waals surface area contributed by atoms with E-state index < -0.39 is 5.97 Å². The zero-order chi connectivity index (χ0) is 23.8. The van der Waals surface area contributed by atoms with Crippen molar-refractivity contribution >= 4 is 29.3 Å². The minimum atomic E-state index is -0.606. The number of likely N-dealkylation sites (N-methyl/N-ethyl adjacent to an activating group) is 1. The number of esters is 1. The van der Waals surface area contributed by atoms with E-state index in [9.17, 15) is 9.59 Å². The van der Waals surface area contributed by atoms with Crippen LogP contribution in [0.4, 0.5) is 0 Å². The molecular weight excluding hydrogens is 444 g/mol. The van der Waals surface area contributed by atoms with Gasteiger partial charge in [-0.05, 0) is 49.1 Å². The van der Waals surface area contributed by atoms with Crippen LogP contribution in [0.25, 0.3) is 6.08 Å². The van der Waals surface area contributed by atoms with E-state index in [1.165, 1.54) is 18.1 Å². The summed E-state index contributed by atoms with van der Waals surface area (Å²) in [6.45, 7) is 4.15. The van der Waals surface area contributed by atoms with Crippen LogP contribution in [0.15, 0.2) is 46.3 Å². The van der Waals surface area contributed by atoms with Crippen LogP contribution in [-0.2, 0) is 27.5 Å². The number of amides is 1. The van der Waals surface area contributed by atoms with Crippen LogP contribution in [0.3, 0.4) is 0 Å². The molecule has 0 spiro atoms. The van der Waals surface area contributed by atoms with E-state index in [2.05, 4.69) is 5.16 Å². The van der Waals surface area contributed by atoms with Gasteiger partial charge < -0.3 is 23.6 Å². The lowest BCUT2D eigenvalue weighted by molar-refractivity contribution is -0.147. The van der Waals surface area contributed by atoms with E-state index >= 15 is 0 Å². The smallest absolute Gasteiger partial charge is 0.331 e. The quantitative estimate of drug-likeness (QED) is 0.325. The van der Waals surface area contributed by atoms with Gasteiger partial charge in [-0.15, -0.1) is 11.3 Å². The van der Waals surface area contributed by atoms with Crippen molar-refractivity contribution in [3.8, 4) is 11.5 Å². The van der Waals surface area contributed by atoms with Crippen molar-refractivity contribution in [2.24, 2.45) is 0 Å². The minimum Gasteiger partial charge on any atom is -0.493 e. The summed E-state index contributed by atoms with van der Waals surface area (Å²) in [5.74, 6) is 0.900. The average molecular weight is 471 g/mol. The van der Waals surface area contributed by atoms with E-state index in [1.807, 2.05) is 31.4 Å². The number of aryl methyl sites for hydroxylation is 2. The molecule has 2 heterocycles. The Bertz CT molecular complexity index is 1100. The van der Waals surface area contributed by atoms with Gasteiger partial charge in [-0.25, -0.2) is 4.79 Å². The Morgan fingerprint density at radius 1 is 1.21 bits per heavy atom. The lowest BCUT2D eigenvalue weighted by Gasteiger charge is -2.15. The molecule has 0 aliphatic rings. The summed E-state index contributed by atoms with van der Waals surface area (Å²) in [5.41, 5.74) is 2.38. The summed E-state index contributed by atoms with van der Waals surface area (Å²) >= 11 is 1.57. The lowest BCUT2D eigenvalue weighted by atomic mass is 10.2. The molecule has 2 aromatic heterocycles. The topological polar surface area (TPSA) is 91.1 Å². The number of nitrogens with zero attached hydrogens (tertiary/aromatic N) is 2. The average Bonchev–Trinajstić information content (AvgIpc) is 3.44. The van der Waals surface area contributed by atoms with Gasteiger partial charge in [0.15, 0.2) is 18.1 Å². The molecule has 3 rings (SSSR count). The van der Waals surface area contributed by atoms with Crippen molar-refractivity contribution in [3.63, 3.8) is 0 Å². The summed E-state index contributed by atoms with van der Waals surface area (Å²) in [6.07, 6.45) is 2.86. The van der Waals surface area contributed by atoms with E-state index in [4.69, 9.17) is 18.7 Å².